The summed E-state index contributed by atoms with van der Waals surface area (Å²) >= 11 is 0. The number of hydrogen-bond acceptors (Lipinski definition) is 2. The van der Waals surface area contributed by atoms with E-state index in [0.717, 1.165) is 25.1 Å². The summed E-state index contributed by atoms with van der Waals surface area (Å²) < 4.78 is 6.01. The van der Waals surface area contributed by atoms with Crippen molar-refractivity contribution in [1.29, 1.82) is 0 Å². The van der Waals surface area contributed by atoms with E-state index in [4.69, 9.17) is 4.74 Å². The monoisotopic (exact) mass is 281 g/mol. The quantitative estimate of drug-likeness (QED) is 0.860. The molecule has 0 radical (unpaired) electrons. The molecular weight excluding hydrogens is 258 g/mol. The number of rotatable bonds is 6. The van der Waals surface area contributed by atoms with E-state index in [1.807, 2.05) is 6.07 Å². The van der Waals surface area contributed by atoms with Crippen LogP contribution in [0.15, 0.2) is 54.6 Å². The van der Waals surface area contributed by atoms with Crippen molar-refractivity contribution in [2.24, 2.45) is 0 Å². The predicted octanol–water partition coefficient (Wildman–Crippen LogP) is 4.12. The van der Waals surface area contributed by atoms with Crippen LogP contribution in [0.5, 0.6) is 5.75 Å². The van der Waals surface area contributed by atoms with Gasteiger partial charge in [0.1, 0.15) is 11.9 Å². The smallest absolute Gasteiger partial charge is 0.123 e. The maximum absolute atomic E-state index is 6.01. The normalized spacial score (nSPS) is 18.0. The fraction of sp³-hybridized carbons (Fsp3) is 0.368. The minimum absolute atomic E-state index is 0.255. The fourth-order valence-electron chi connectivity index (χ4n) is 3.00. The first-order valence-corrected chi connectivity index (χ1v) is 7.89. The topological polar surface area (TPSA) is 21.3 Å². The van der Waals surface area contributed by atoms with Gasteiger partial charge in [-0.05, 0) is 23.6 Å². The third-order valence-electron chi connectivity index (χ3n) is 4.09. The Balaban J connectivity index is 1.59. The van der Waals surface area contributed by atoms with Gasteiger partial charge in [0.2, 0.25) is 0 Å². The molecule has 1 aliphatic rings. The van der Waals surface area contributed by atoms with Gasteiger partial charge in [-0.1, -0.05) is 61.9 Å². The predicted molar refractivity (Wildman–Crippen MR) is 86.7 cm³/mol. The van der Waals surface area contributed by atoms with Crippen LogP contribution in [0.1, 0.15) is 36.9 Å². The molecule has 110 valence electrons. The van der Waals surface area contributed by atoms with E-state index in [0.29, 0.717) is 6.04 Å². The third kappa shape index (κ3) is 3.45. The molecule has 0 aliphatic carbocycles. The summed E-state index contributed by atoms with van der Waals surface area (Å²) in [5.74, 6) is 1.05. The maximum Gasteiger partial charge on any atom is 0.123 e. The Morgan fingerprint density at radius 1 is 1.10 bits per heavy atom. The fourth-order valence-corrected chi connectivity index (χ4v) is 3.00. The van der Waals surface area contributed by atoms with E-state index < -0.39 is 0 Å². The summed E-state index contributed by atoms with van der Waals surface area (Å²) in [5.41, 5.74) is 2.70. The molecule has 1 heterocycles. The van der Waals surface area contributed by atoms with Crippen molar-refractivity contribution in [3.8, 4) is 5.75 Å². The summed E-state index contributed by atoms with van der Waals surface area (Å²) in [6.07, 6.45) is 3.60. The van der Waals surface area contributed by atoms with Crippen LogP contribution in [-0.2, 0) is 6.42 Å². The molecule has 1 aliphatic heterocycles. The average molecular weight is 281 g/mol. The van der Waals surface area contributed by atoms with E-state index in [1.165, 1.54) is 17.5 Å². The van der Waals surface area contributed by atoms with Gasteiger partial charge in [-0.25, -0.2) is 0 Å². The summed E-state index contributed by atoms with van der Waals surface area (Å²) in [4.78, 5) is 0. The number of nitrogens with one attached hydrogen (secondary N) is 1. The lowest BCUT2D eigenvalue weighted by Gasteiger charge is -2.21. The highest BCUT2D eigenvalue weighted by Crippen LogP contribution is 2.28. The van der Waals surface area contributed by atoms with E-state index in [1.54, 1.807) is 0 Å². The molecule has 2 aromatic carbocycles. The molecule has 0 fully saturated rings. The van der Waals surface area contributed by atoms with Crippen LogP contribution in [0.4, 0.5) is 0 Å². The minimum Gasteiger partial charge on any atom is -0.488 e. The van der Waals surface area contributed by atoms with Crippen molar-refractivity contribution in [2.45, 2.75) is 38.3 Å². The Kier molecular flexibility index (Phi) is 4.56. The van der Waals surface area contributed by atoms with Crippen molar-refractivity contribution in [1.82, 2.24) is 5.32 Å². The van der Waals surface area contributed by atoms with Crippen molar-refractivity contribution >= 4 is 0 Å². The third-order valence-corrected chi connectivity index (χ3v) is 4.09. The second-order valence-corrected chi connectivity index (χ2v) is 5.71. The van der Waals surface area contributed by atoms with Gasteiger partial charge >= 0.3 is 0 Å². The van der Waals surface area contributed by atoms with Crippen LogP contribution in [0.3, 0.4) is 0 Å². The molecule has 0 bridgehead atoms. The molecule has 2 aromatic rings. The van der Waals surface area contributed by atoms with Crippen LogP contribution in [0, 0.1) is 0 Å². The zero-order chi connectivity index (χ0) is 14.5. The Morgan fingerprint density at radius 3 is 2.62 bits per heavy atom. The first kappa shape index (κ1) is 14.2. The van der Waals surface area contributed by atoms with Crippen LogP contribution in [0.25, 0.3) is 0 Å². The number of hydrogen-bond donors (Lipinski definition) is 1. The zero-order valence-electron chi connectivity index (χ0n) is 12.6. The first-order valence-electron chi connectivity index (χ1n) is 7.89. The Bertz CT molecular complexity index is 542. The number of fused-ring (bicyclic) bond motifs is 1. The lowest BCUT2D eigenvalue weighted by atomic mass is 10.0. The summed E-state index contributed by atoms with van der Waals surface area (Å²) in [6, 6.07) is 19.5. The van der Waals surface area contributed by atoms with Crippen molar-refractivity contribution < 1.29 is 4.74 Å². The van der Waals surface area contributed by atoms with Gasteiger partial charge in [0.05, 0.1) is 0 Å². The zero-order valence-corrected chi connectivity index (χ0v) is 12.6. The van der Waals surface area contributed by atoms with Crippen molar-refractivity contribution in [3.05, 3.63) is 65.7 Å². The van der Waals surface area contributed by atoms with E-state index >= 15 is 0 Å². The molecule has 0 aromatic heterocycles. The van der Waals surface area contributed by atoms with Gasteiger partial charge < -0.3 is 10.1 Å². The number of ether oxygens (including phenoxy) is 1. The lowest BCUT2D eigenvalue weighted by molar-refractivity contribution is 0.220. The van der Waals surface area contributed by atoms with Gasteiger partial charge in [-0.3, -0.25) is 0 Å². The van der Waals surface area contributed by atoms with Crippen molar-refractivity contribution in [2.75, 3.05) is 6.54 Å². The Labute approximate surface area is 127 Å². The Morgan fingerprint density at radius 2 is 1.86 bits per heavy atom. The highest BCUT2D eigenvalue weighted by atomic mass is 16.5. The van der Waals surface area contributed by atoms with Gasteiger partial charge in [0.15, 0.2) is 0 Å². The van der Waals surface area contributed by atoms with Crippen LogP contribution in [0.2, 0.25) is 0 Å². The van der Waals surface area contributed by atoms with Crippen LogP contribution in [-0.4, -0.2) is 12.6 Å². The van der Waals surface area contributed by atoms with E-state index in [9.17, 15) is 0 Å². The molecule has 3 rings (SSSR count). The molecule has 2 nitrogen and oxygen atoms in total. The molecular formula is C19H23NO. The molecule has 0 amide bonds. The maximum atomic E-state index is 6.01. The molecule has 2 atom stereocenters. The summed E-state index contributed by atoms with van der Waals surface area (Å²) in [5, 5.41) is 3.69. The van der Waals surface area contributed by atoms with Crippen LogP contribution < -0.4 is 10.1 Å². The molecule has 21 heavy (non-hydrogen) atoms. The first-order chi connectivity index (χ1) is 10.4. The molecule has 0 spiro atoms. The molecule has 0 saturated heterocycles. The van der Waals surface area contributed by atoms with Gasteiger partial charge in [0, 0.05) is 19.0 Å². The minimum atomic E-state index is 0.255. The van der Waals surface area contributed by atoms with Crippen LogP contribution >= 0.6 is 0 Å². The summed E-state index contributed by atoms with van der Waals surface area (Å²) in [6.45, 7) is 3.13. The second kappa shape index (κ2) is 6.77. The Hall–Kier alpha value is -1.80. The van der Waals surface area contributed by atoms with E-state index in [2.05, 4.69) is 60.8 Å². The molecule has 1 N–H and O–H groups in total. The standard InChI is InChI=1S/C19H23NO/c1-2-8-18(15-9-4-3-5-10-15)20-14-17-13-16-11-6-7-12-19(16)21-17/h3-7,9-12,17-18,20H,2,8,13-14H2,1H3. The number of benzene rings is 2. The summed E-state index contributed by atoms with van der Waals surface area (Å²) in [7, 11) is 0. The molecule has 0 saturated carbocycles. The SMILES string of the molecule is CCCC(NCC1Cc2ccccc2O1)c1ccccc1. The highest BCUT2D eigenvalue weighted by molar-refractivity contribution is 5.37. The lowest BCUT2D eigenvalue weighted by Crippen LogP contribution is -2.33. The average Bonchev–Trinajstić information content (AvgIpc) is 2.95. The highest BCUT2D eigenvalue weighted by Gasteiger charge is 2.23. The molecule has 2 heteroatoms. The second-order valence-electron chi connectivity index (χ2n) is 5.71. The molecule has 2 unspecified atom stereocenters. The van der Waals surface area contributed by atoms with Crippen molar-refractivity contribution in [3.63, 3.8) is 0 Å². The van der Waals surface area contributed by atoms with Gasteiger partial charge in [0.25, 0.3) is 0 Å². The van der Waals surface area contributed by atoms with E-state index in [-0.39, 0.29) is 6.10 Å². The number of para-hydroxylation sites is 1. The van der Waals surface area contributed by atoms with Gasteiger partial charge in [-0.2, -0.15) is 0 Å². The van der Waals surface area contributed by atoms with Gasteiger partial charge in [-0.15, -0.1) is 0 Å². The largest absolute Gasteiger partial charge is 0.488 e.